The Morgan fingerprint density at radius 2 is 1.76 bits per heavy atom. The molecule has 0 aliphatic heterocycles. The van der Waals surface area contributed by atoms with E-state index in [1.807, 2.05) is 12.1 Å². The van der Waals surface area contributed by atoms with Gasteiger partial charge in [0, 0.05) is 16.4 Å². The molecular weight excluding hydrogens is 308 g/mol. The molecule has 2 rings (SSSR count). The molecule has 2 atom stereocenters. The van der Waals surface area contributed by atoms with Crippen LogP contribution in [-0.2, 0) is 11.8 Å². The van der Waals surface area contributed by atoms with Gasteiger partial charge in [0.15, 0.2) is 0 Å². The molecule has 0 amide bonds. The van der Waals surface area contributed by atoms with Gasteiger partial charge in [0.1, 0.15) is 11.5 Å². The summed E-state index contributed by atoms with van der Waals surface area (Å²) in [4.78, 5) is 0. The number of phenols is 2. The molecule has 2 nitrogen and oxygen atoms in total. The third-order valence-corrected chi connectivity index (χ3v) is 6.39. The smallest absolute Gasteiger partial charge is 0.123 e. The van der Waals surface area contributed by atoms with Crippen LogP contribution in [0, 0.1) is 5.41 Å². The summed E-state index contributed by atoms with van der Waals surface area (Å²) >= 11 is 0. The highest BCUT2D eigenvalue weighted by atomic mass is 16.3. The lowest BCUT2D eigenvalue weighted by Crippen LogP contribution is -2.43. The van der Waals surface area contributed by atoms with Crippen molar-refractivity contribution < 1.29 is 10.2 Å². The lowest BCUT2D eigenvalue weighted by Gasteiger charge is -2.49. The van der Waals surface area contributed by atoms with E-state index in [0.29, 0.717) is 5.56 Å². The van der Waals surface area contributed by atoms with E-state index in [1.54, 1.807) is 0 Å². The van der Waals surface area contributed by atoms with Gasteiger partial charge in [0.25, 0.3) is 0 Å². The fraction of sp³-hybridized carbons (Fsp3) is 0.565. The van der Waals surface area contributed by atoms with E-state index in [-0.39, 0.29) is 16.9 Å². The van der Waals surface area contributed by atoms with Gasteiger partial charge in [0.05, 0.1) is 0 Å². The molecule has 2 heteroatoms. The molecule has 0 fully saturated rings. The summed E-state index contributed by atoms with van der Waals surface area (Å²) in [6, 6.07) is 3.68. The highest BCUT2D eigenvalue weighted by Crippen LogP contribution is 2.57. The van der Waals surface area contributed by atoms with Crippen molar-refractivity contribution in [2.75, 3.05) is 0 Å². The van der Waals surface area contributed by atoms with Crippen LogP contribution in [0.5, 0.6) is 11.5 Å². The standard InChI is InChI=1S/C23H34O2/c1-7-8-9-10-18-13-19(24)21(20(25)14-18)23(6)15-17(4)11-12-22(23,5)16(2)3/h13-15,24-25H,2,7-12H2,1,3-6H3/t22-,23-/m0/s1. The molecule has 0 radical (unpaired) electrons. The van der Waals surface area contributed by atoms with E-state index in [1.165, 1.54) is 5.57 Å². The molecule has 0 spiro atoms. The predicted octanol–water partition coefficient (Wildman–Crippen LogP) is 6.41. The van der Waals surface area contributed by atoms with Crippen LogP contribution in [0.2, 0.25) is 0 Å². The van der Waals surface area contributed by atoms with Crippen LogP contribution in [0.25, 0.3) is 0 Å². The van der Waals surface area contributed by atoms with Gasteiger partial charge < -0.3 is 10.2 Å². The normalized spacial score (nSPS) is 26.4. The minimum Gasteiger partial charge on any atom is -0.507 e. The van der Waals surface area contributed by atoms with Crippen molar-refractivity contribution in [3.05, 3.63) is 47.1 Å². The van der Waals surface area contributed by atoms with E-state index in [4.69, 9.17) is 0 Å². The Balaban J connectivity index is 2.54. The average Bonchev–Trinajstić information content (AvgIpc) is 2.50. The van der Waals surface area contributed by atoms with Crippen molar-refractivity contribution in [3.8, 4) is 11.5 Å². The Morgan fingerprint density at radius 1 is 1.16 bits per heavy atom. The lowest BCUT2D eigenvalue weighted by atomic mass is 9.54. The molecule has 1 aliphatic rings. The molecule has 0 heterocycles. The molecule has 1 aromatic rings. The number of aromatic hydroxyl groups is 2. The van der Waals surface area contributed by atoms with E-state index >= 15 is 0 Å². The molecule has 1 aliphatic carbocycles. The number of hydrogen-bond donors (Lipinski definition) is 2. The number of allylic oxidation sites excluding steroid dienone is 3. The van der Waals surface area contributed by atoms with E-state index in [0.717, 1.165) is 49.7 Å². The Hall–Kier alpha value is -1.70. The number of aryl methyl sites for hydroxylation is 1. The fourth-order valence-electron chi connectivity index (χ4n) is 4.36. The first kappa shape index (κ1) is 19.6. The maximum atomic E-state index is 10.8. The molecular formula is C23H34O2. The van der Waals surface area contributed by atoms with E-state index < -0.39 is 5.41 Å². The van der Waals surface area contributed by atoms with Gasteiger partial charge in [0.2, 0.25) is 0 Å². The number of unbranched alkanes of at least 4 members (excludes halogenated alkanes) is 2. The monoisotopic (exact) mass is 342 g/mol. The molecule has 25 heavy (non-hydrogen) atoms. The first-order valence-corrected chi connectivity index (χ1v) is 9.55. The summed E-state index contributed by atoms with van der Waals surface area (Å²) in [6.45, 7) is 14.9. The van der Waals surface area contributed by atoms with Crippen LogP contribution in [0.15, 0.2) is 35.9 Å². The van der Waals surface area contributed by atoms with Crippen LogP contribution in [0.1, 0.15) is 77.8 Å². The zero-order chi connectivity index (χ0) is 18.8. The van der Waals surface area contributed by atoms with Crippen molar-refractivity contribution in [3.63, 3.8) is 0 Å². The summed E-state index contributed by atoms with van der Waals surface area (Å²) in [5.74, 6) is 0.403. The third kappa shape index (κ3) is 3.49. The quantitative estimate of drug-likeness (QED) is 0.463. The van der Waals surface area contributed by atoms with Crippen LogP contribution in [0.3, 0.4) is 0 Å². The Morgan fingerprint density at radius 3 is 2.28 bits per heavy atom. The van der Waals surface area contributed by atoms with Gasteiger partial charge in [-0.15, -0.1) is 0 Å². The van der Waals surface area contributed by atoms with Gasteiger partial charge in [-0.2, -0.15) is 0 Å². The number of benzene rings is 1. The predicted molar refractivity (Wildman–Crippen MR) is 106 cm³/mol. The Bertz CT molecular complexity index is 662. The molecule has 138 valence electrons. The Labute approximate surface area is 153 Å². The van der Waals surface area contributed by atoms with E-state index in [9.17, 15) is 10.2 Å². The fourth-order valence-corrected chi connectivity index (χ4v) is 4.36. The van der Waals surface area contributed by atoms with Crippen molar-refractivity contribution >= 4 is 0 Å². The lowest BCUT2D eigenvalue weighted by molar-refractivity contribution is 0.209. The second kappa shape index (κ2) is 7.27. The summed E-state index contributed by atoms with van der Waals surface area (Å²) in [7, 11) is 0. The zero-order valence-corrected chi connectivity index (χ0v) is 16.6. The minimum absolute atomic E-state index is 0.201. The maximum Gasteiger partial charge on any atom is 0.123 e. The van der Waals surface area contributed by atoms with Crippen LogP contribution < -0.4 is 0 Å². The molecule has 0 saturated carbocycles. The van der Waals surface area contributed by atoms with Crippen LogP contribution >= 0.6 is 0 Å². The summed E-state index contributed by atoms with van der Waals surface area (Å²) in [6.07, 6.45) is 8.50. The summed E-state index contributed by atoms with van der Waals surface area (Å²) < 4.78 is 0. The van der Waals surface area contributed by atoms with Crippen molar-refractivity contribution in [2.45, 2.75) is 78.6 Å². The van der Waals surface area contributed by atoms with E-state index in [2.05, 4.69) is 47.3 Å². The molecule has 0 aromatic heterocycles. The van der Waals surface area contributed by atoms with Gasteiger partial charge in [-0.3, -0.25) is 0 Å². The molecule has 1 aromatic carbocycles. The van der Waals surface area contributed by atoms with Gasteiger partial charge in [-0.1, -0.05) is 57.4 Å². The second-order valence-electron chi connectivity index (χ2n) is 8.27. The van der Waals surface area contributed by atoms with Crippen molar-refractivity contribution in [1.29, 1.82) is 0 Å². The van der Waals surface area contributed by atoms with Crippen molar-refractivity contribution in [2.24, 2.45) is 5.41 Å². The highest BCUT2D eigenvalue weighted by Gasteiger charge is 2.49. The van der Waals surface area contributed by atoms with Gasteiger partial charge in [-0.05, 0) is 57.2 Å². The first-order valence-electron chi connectivity index (χ1n) is 9.55. The summed E-state index contributed by atoms with van der Waals surface area (Å²) in [5.41, 5.74) is 3.35. The average molecular weight is 343 g/mol. The van der Waals surface area contributed by atoms with Crippen molar-refractivity contribution in [1.82, 2.24) is 0 Å². The summed E-state index contributed by atoms with van der Waals surface area (Å²) in [5, 5.41) is 21.7. The molecule has 0 bridgehead atoms. The Kier molecular flexibility index (Phi) is 5.71. The SMILES string of the molecule is C=C(C)[C@]1(C)CCC(C)=C[C@@]1(C)c1c(O)cc(CCCCC)cc1O. The highest BCUT2D eigenvalue weighted by molar-refractivity contribution is 5.56. The number of rotatable bonds is 6. The second-order valence-corrected chi connectivity index (χ2v) is 8.27. The topological polar surface area (TPSA) is 40.5 Å². The zero-order valence-electron chi connectivity index (χ0n) is 16.6. The molecule has 2 N–H and O–H groups in total. The van der Waals surface area contributed by atoms with Gasteiger partial charge >= 0.3 is 0 Å². The third-order valence-electron chi connectivity index (χ3n) is 6.39. The maximum absolute atomic E-state index is 10.8. The van der Waals surface area contributed by atoms with Crippen LogP contribution in [-0.4, -0.2) is 10.2 Å². The largest absolute Gasteiger partial charge is 0.507 e. The minimum atomic E-state index is -0.475. The molecule has 0 unspecified atom stereocenters. The molecule has 0 saturated heterocycles. The number of hydrogen-bond acceptors (Lipinski definition) is 2. The first-order chi connectivity index (χ1) is 11.7. The van der Waals surface area contributed by atoms with Gasteiger partial charge in [-0.25, -0.2) is 0 Å². The number of phenolic OH excluding ortho intramolecular Hbond substituents is 2. The van der Waals surface area contributed by atoms with Crippen LogP contribution in [0.4, 0.5) is 0 Å².